The van der Waals surface area contributed by atoms with Gasteiger partial charge in [-0.3, -0.25) is 4.79 Å². The summed E-state index contributed by atoms with van der Waals surface area (Å²) in [5.41, 5.74) is 0.224. The molecule has 106 valence electrons. The molecule has 1 aromatic heterocycles. The van der Waals surface area contributed by atoms with Gasteiger partial charge in [0.2, 0.25) is 0 Å². The molecular weight excluding hydrogens is 327 g/mol. The predicted octanol–water partition coefficient (Wildman–Crippen LogP) is 2.91. The maximum absolute atomic E-state index is 12.1. The van der Waals surface area contributed by atoms with E-state index in [1.165, 1.54) is 19.3 Å². The fourth-order valence-electron chi connectivity index (χ4n) is 1.40. The molecule has 0 bridgehead atoms. The van der Waals surface area contributed by atoms with Crippen LogP contribution in [0.15, 0.2) is 16.7 Å². The molecule has 1 heterocycles. The van der Waals surface area contributed by atoms with Crippen molar-refractivity contribution in [1.82, 2.24) is 9.88 Å². The first-order valence-corrected chi connectivity index (χ1v) is 6.19. The Kier molecular flexibility index (Phi) is 5.16. The molecule has 0 spiro atoms. The fourth-order valence-corrected chi connectivity index (χ4v) is 1.73. The van der Waals surface area contributed by atoms with Crippen LogP contribution in [0.4, 0.5) is 19.0 Å². The van der Waals surface area contributed by atoms with Gasteiger partial charge in [0.05, 0.1) is 12.0 Å². The second-order valence-electron chi connectivity index (χ2n) is 3.89. The van der Waals surface area contributed by atoms with Crippen molar-refractivity contribution in [2.45, 2.75) is 12.6 Å². The summed E-state index contributed by atoms with van der Waals surface area (Å²) in [4.78, 5) is 17.1. The SMILES string of the molecule is CNc1ncc(Br)cc1C(=O)N(C)CCC(F)(F)F. The number of nitrogens with one attached hydrogen (secondary N) is 1. The second-order valence-corrected chi connectivity index (χ2v) is 4.81. The molecule has 0 aliphatic carbocycles. The van der Waals surface area contributed by atoms with Crippen molar-refractivity contribution in [3.8, 4) is 0 Å². The average molecular weight is 340 g/mol. The lowest BCUT2D eigenvalue weighted by Crippen LogP contribution is -2.31. The summed E-state index contributed by atoms with van der Waals surface area (Å²) in [5, 5.41) is 2.73. The van der Waals surface area contributed by atoms with Crippen molar-refractivity contribution < 1.29 is 18.0 Å². The largest absolute Gasteiger partial charge is 0.390 e. The first kappa shape index (κ1) is 15.7. The summed E-state index contributed by atoms with van der Waals surface area (Å²) in [6.45, 7) is -0.391. The van der Waals surface area contributed by atoms with E-state index in [4.69, 9.17) is 0 Å². The van der Waals surface area contributed by atoms with Gasteiger partial charge in [-0.2, -0.15) is 13.2 Å². The van der Waals surface area contributed by atoms with E-state index in [0.29, 0.717) is 10.3 Å². The van der Waals surface area contributed by atoms with Gasteiger partial charge in [-0.15, -0.1) is 0 Å². The molecule has 19 heavy (non-hydrogen) atoms. The third kappa shape index (κ3) is 4.70. The van der Waals surface area contributed by atoms with Crippen LogP contribution in [0.25, 0.3) is 0 Å². The molecule has 8 heteroatoms. The summed E-state index contributed by atoms with van der Waals surface area (Å²) < 4.78 is 36.9. The third-order valence-corrected chi connectivity index (χ3v) is 2.83. The van der Waals surface area contributed by atoms with Crippen LogP contribution in [-0.2, 0) is 0 Å². The number of carbonyl (C=O) groups excluding carboxylic acids is 1. The van der Waals surface area contributed by atoms with Gasteiger partial charge in [0.25, 0.3) is 5.91 Å². The summed E-state index contributed by atoms with van der Waals surface area (Å²) in [6, 6.07) is 1.52. The van der Waals surface area contributed by atoms with Gasteiger partial charge in [0.1, 0.15) is 5.82 Å². The van der Waals surface area contributed by atoms with E-state index in [0.717, 1.165) is 4.90 Å². The number of rotatable bonds is 4. The van der Waals surface area contributed by atoms with E-state index >= 15 is 0 Å². The van der Waals surface area contributed by atoms with E-state index in [1.54, 1.807) is 7.05 Å². The Morgan fingerprint density at radius 2 is 2.16 bits per heavy atom. The Bertz CT molecular complexity index is 465. The van der Waals surface area contributed by atoms with Crippen LogP contribution >= 0.6 is 15.9 Å². The van der Waals surface area contributed by atoms with Gasteiger partial charge in [-0.25, -0.2) is 4.98 Å². The van der Waals surface area contributed by atoms with Gasteiger partial charge in [-0.1, -0.05) is 0 Å². The van der Waals surface area contributed by atoms with Crippen molar-refractivity contribution in [3.05, 3.63) is 22.3 Å². The van der Waals surface area contributed by atoms with E-state index < -0.39 is 25.0 Å². The van der Waals surface area contributed by atoms with Crippen molar-refractivity contribution in [3.63, 3.8) is 0 Å². The highest BCUT2D eigenvalue weighted by atomic mass is 79.9. The lowest BCUT2D eigenvalue weighted by Gasteiger charge is -2.19. The molecule has 1 amide bonds. The average Bonchev–Trinajstić information content (AvgIpc) is 2.34. The molecule has 0 aliphatic heterocycles. The minimum absolute atomic E-state index is 0.224. The molecule has 0 radical (unpaired) electrons. The first-order valence-electron chi connectivity index (χ1n) is 5.40. The Morgan fingerprint density at radius 3 is 2.68 bits per heavy atom. The zero-order valence-corrected chi connectivity index (χ0v) is 12.0. The number of halogens is 4. The lowest BCUT2D eigenvalue weighted by molar-refractivity contribution is -0.136. The van der Waals surface area contributed by atoms with Gasteiger partial charge in [0.15, 0.2) is 0 Å². The lowest BCUT2D eigenvalue weighted by atomic mass is 10.2. The molecule has 0 fully saturated rings. The summed E-state index contributed by atoms with van der Waals surface area (Å²) in [5.74, 6) is -0.186. The van der Waals surface area contributed by atoms with Gasteiger partial charge in [-0.05, 0) is 22.0 Å². The Hall–Kier alpha value is -1.31. The number of amides is 1. The number of nitrogens with zero attached hydrogens (tertiary/aromatic N) is 2. The molecule has 0 aromatic carbocycles. The van der Waals surface area contributed by atoms with E-state index in [1.807, 2.05) is 0 Å². The molecule has 0 saturated carbocycles. The number of carbonyl (C=O) groups is 1. The van der Waals surface area contributed by atoms with Crippen molar-refractivity contribution in [2.24, 2.45) is 0 Å². The number of aromatic nitrogens is 1. The summed E-state index contributed by atoms with van der Waals surface area (Å²) in [7, 11) is 2.91. The van der Waals surface area contributed by atoms with Gasteiger partial charge < -0.3 is 10.2 Å². The topological polar surface area (TPSA) is 45.2 Å². The number of pyridine rings is 1. The highest BCUT2D eigenvalue weighted by Crippen LogP contribution is 2.22. The minimum atomic E-state index is -4.28. The summed E-state index contributed by atoms with van der Waals surface area (Å²) >= 11 is 3.17. The Labute approximate surface area is 117 Å². The molecule has 1 rings (SSSR count). The van der Waals surface area contributed by atoms with Crippen LogP contribution in [0.1, 0.15) is 16.8 Å². The first-order chi connectivity index (χ1) is 8.74. The van der Waals surface area contributed by atoms with E-state index in [9.17, 15) is 18.0 Å². The van der Waals surface area contributed by atoms with Crippen LogP contribution in [0.2, 0.25) is 0 Å². The second kappa shape index (κ2) is 6.23. The van der Waals surface area contributed by atoms with Gasteiger partial charge in [0, 0.05) is 31.3 Å². The number of hydrogen-bond acceptors (Lipinski definition) is 3. The smallest absolute Gasteiger partial charge is 0.372 e. The van der Waals surface area contributed by atoms with E-state index in [-0.39, 0.29) is 5.56 Å². The van der Waals surface area contributed by atoms with Gasteiger partial charge >= 0.3 is 6.18 Å². The molecule has 1 aromatic rings. The normalized spacial score (nSPS) is 11.3. The fraction of sp³-hybridized carbons (Fsp3) is 0.455. The molecule has 0 saturated heterocycles. The quantitative estimate of drug-likeness (QED) is 0.917. The molecule has 0 unspecified atom stereocenters. The number of anilines is 1. The number of alkyl halides is 3. The van der Waals surface area contributed by atoms with Crippen LogP contribution in [0, 0.1) is 0 Å². The summed E-state index contributed by atoms with van der Waals surface area (Å²) in [6.07, 6.45) is -3.82. The maximum Gasteiger partial charge on any atom is 0.390 e. The van der Waals surface area contributed by atoms with Crippen molar-refractivity contribution >= 4 is 27.7 Å². The Morgan fingerprint density at radius 1 is 1.53 bits per heavy atom. The molecule has 1 N–H and O–H groups in total. The zero-order chi connectivity index (χ0) is 14.6. The molecule has 0 atom stereocenters. The zero-order valence-electron chi connectivity index (χ0n) is 10.4. The highest BCUT2D eigenvalue weighted by molar-refractivity contribution is 9.10. The standard InChI is InChI=1S/C11H13BrF3N3O/c1-16-9-8(5-7(12)6-17-9)10(19)18(2)4-3-11(13,14)15/h5-6H,3-4H2,1-2H3,(H,16,17). The van der Waals surface area contributed by atoms with Crippen LogP contribution < -0.4 is 5.32 Å². The van der Waals surface area contributed by atoms with Crippen LogP contribution in [0.5, 0.6) is 0 Å². The predicted molar refractivity (Wildman–Crippen MR) is 69.1 cm³/mol. The third-order valence-electron chi connectivity index (χ3n) is 2.40. The maximum atomic E-state index is 12.1. The molecule has 0 aliphatic rings. The highest BCUT2D eigenvalue weighted by Gasteiger charge is 2.28. The monoisotopic (exact) mass is 339 g/mol. The Balaban J connectivity index is 2.84. The van der Waals surface area contributed by atoms with Crippen molar-refractivity contribution in [1.29, 1.82) is 0 Å². The van der Waals surface area contributed by atoms with E-state index in [2.05, 4.69) is 26.2 Å². The van der Waals surface area contributed by atoms with Crippen LogP contribution in [-0.4, -0.2) is 42.6 Å². The minimum Gasteiger partial charge on any atom is -0.372 e. The van der Waals surface area contributed by atoms with Crippen molar-refractivity contribution in [2.75, 3.05) is 26.0 Å². The molecular formula is C11H13BrF3N3O. The number of hydrogen-bond donors (Lipinski definition) is 1. The molecule has 4 nitrogen and oxygen atoms in total. The van der Waals surface area contributed by atoms with Crippen LogP contribution in [0.3, 0.4) is 0 Å².